The first kappa shape index (κ1) is 16.7. The summed E-state index contributed by atoms with van der Waals surface area (Å²) in [5.74, 6) is 0.0735. The van der Waals surface area contributed by atoms with E-state index in [1.807, 2.05) is 19.9 Å². The topological polar surface area (TPSA) is 44.4 Å². The molecule has 0 saturated heterocycles. The standard InChI is InChI=1S/C16H27N3O/c1-14(2)18-12-16(20)17-10-7-11-19(3)13-15-8-5-4-6-9-15/h4-6,8-9,14,18H,7,10-13H2,1-3H3,(H,17,20). The Morgan fingerprint density at radius 3 is 2.60 bits per heavy atom. The zero-order chi connectivity index (χ0) is 14.8. The SMILES string of the molecule is CC(C)NCC(=O)NCCCN(C)Cc1ccccc1. The summed E-state index contributed by atoms with van der Waals surface area (Å²) in [5.41, 5.74) is 1.32. The van der Waals surface area contributed by atoms with Crippen LogP contribution >= 0.6 is 0 Å². The summed E-state index contributed by atoms with van der Waals surface area (Å²) in [6.07, 6.45) is 0.969. The zero-order valence-electron chi connectivity index (χ0n) is 12.9. The Kier molecular flexibility index (Phi) is 7.92. The highest BCUT2D eigenvalue weighted by molar-refractivity contribution is 5.77. The smallest absolute Gasteiger partial charge is 0.233 e. The molecule has 2 N–H and O–H groups in total. The van der Waals surface area contributed by atoms with E-state index in [0.29, 0.717) is 12.6 Å². The lowest BCUT2D eigenvalue weighted by Gasteiger charge is -2.16. The van der Waals surface area contributed by atoms with Crippen molar-refractivity contribution in [1.29, 1.82) is 0 Å². The molecule has 0 aliphatic carbocycles. The van der Waals surface area contributed by atoms with Gasteiger partial charge in [-0.15, -0.1) is 0 Å². The molecule has 0 aliphatic heterocycles. The van der Waals surface area contributed by atoms with Gasteiger partial charge in [-0.2, -0.15) is 0 Å². The van der Waals surface area contributed by atoms with Gasteiger partial charge in [0.15, 0.2) is 0 Å². The van der Waals surface area contributed by atoms with E-state index < -0.39 is 0 Å². The molecular weight excluding hydrogens is 250 g/mol. The first-order valence-electron chi connectivity index (χ1n) is 7.30. The molecule has 20 heavy (non-hydrogen) atoms. The quantitative estimate of drug-likeness (QED) is 0.674. The maximum Gasteiger partial charge on any atom is 0.233 e. The molecule has 112 valence electrons. The van der Waals surface area contributed by atoms with Crippen LogP contribution in [0.15, 0.2) is 30.3 Å². The van der Waals surface area contributed by atoms with Crippen molar-refractivity contribution in [1.82, 2.24) is 15.5 Å². The lowest BCUT2D eigenvalue weighted by Crippen LogP contribution is -2.37. The fraction of sp³-hybridized carbons (Fsp3) is 0.562. The number of carbonyl (C=O) groups is 1. The van der Waals surface area contributed by atoms with Crippen molar-refractivity contribution in [2.75, 3.05) is 26.7 Å². The van der Waals surface area contributed by atoms with Gasteiger partial charge in [0.2, 0.25) is 5.91 Å². The molecule has 1 aromatic rings. The molecule has 0 aromatic heterocycles. The Balaban J connectivity index is 2.07. The van der Waals surface area contributed by atoms with Gasteiger partial charge in [-0.1, -0.05) is 44.2 Å². The maximum absolute atomic E-state index is 11.5. The predicted molar refractivity (Wildman–Crippen MR) is 83.5 cm³/mol. The second kappa shape index (κ2) is 9.50. The Hall–Kier alpha value is -1.39. The van der Waals surface area contributed by atoms with Gasteiger partial charge in [0, 0.05) is 19.1 Å². The van der Waals surface area contributed by atoms with Crippen molar-refractivity contribution < 1.29 is 4.79 Å². The number of hydrogen-bond acceptors (Lipinski definition) is 3. The number of hydrogen-bond donors (Lipinski definition) is 2. The number of rotatable bonds is 9. The zero-order valence-corrected chi connectivity index (χ0v) is 12.9. The van der Waals surface area contributed by atoms with E-state index in [0.717, 1.165) is 26.1 Å². The molecule has 0 fully saturated rings. The number of nitrogens with one attached hydrogen (secondary N) is 2. The maximum atomic E-state index is 11.5. The lowest BCUT2D eigenvalue weighted by atomic mass is 10.2. The average molecular weight is 277 g/mol. The van der Waals surface area contributed by atoms with Crippen LogP contribution in [0, 0.1) is 0 Å². The first-order valence-corrected chi connectivity index (χ1v) is 7.30. The van der Waals surface area contributed by atoms with Crippen LogP contribution in [0.4, 0.5) is 0 Å². The minimum atomic E-state index is 0.0735. The Labute approximate surface area is 122 Å². The number of nitrogens with zero attached hydrogens (tertiary/aromatic N) is 1. The molecule has 1 amide bonds. The van der Waals surface area contributed by atoms with Crippen molar-refractivity contribution in [3.05, 3.63) is 35.9 Å². The predicted octanol–water partition coefficient (Wildman–Crippen LogP) is 1.62. The largest absolute Gasteiger partial charge is 0.355 e. The molecule has 4 heteroatoms. The van der Waals surface area contributed by atoms with Crippen LogP contribution in [-0.2, 0) is 11.3 Å². The van der Waals surface area contributed by atoms with Gasteiger partial charge in [0.05, 0.1) is 6.54 Å². The van der Waals surface area contributed by atoms with E-state index in [2.05, 4.69) is 46.8 Å². The van der Waals surface area contributed by atoms with Crippen molar-refractivity contribution in [2.24, 2.45) is 0 Å². The minimum Gasteiger partial charge on any atom is -0.355 e. The molecular formula is C16H27N3O. The highest BCUT2D eigenvalue weighted by Crippen LogP contribution is 2.02. The van der Waals surface area contributed by atoms with Crippen LogP contribution in [0.25, 0.3) is 0 Å². The van der Waals surface area contributed by atoms with E-state index in [1.165, 1.54) is 5.56 Å². The van der Waals surface area contributed by atoms with Crippen LogP contribution in [0.5, 0.6) is 0 Å². The number of benzene rings is 1. The molecule has 0 radical (unpaired) electrons. The van der Waals surface area contributed by atoms with Gasteiger partial charge in [-0.3, -0.25) is 4.79 Å². The van der Waals surface area contributed by atoms with E-state index in [4.69, 9.17) is 0 Å². The van der Waals surface area contributed by atoms with Crippen molar-refractivity contribution in [3.63, 3.8) is 0 Å². The lowest BCUT2D eigenvalue weighted by molar-refractivity contribution is -0.120. The van der Waals surface area contributed by atoms with Gasteiger partial charge in [0.1, 0.15) is 0 Å². The first-order chi connectivity index (χ1) is 9.58. The monoisotopic (exact) mass is 277 g/mol. The van der Waals surface area contributed by atoms with Crippen molar-refractivity contribution >= 4 is 5.91 Å². The molecule has 0 unspecified atom stereocenters. The molecule has 1 aromatic carbocycles. The normalized spacial score (nSPS) is 11.1. The minimum absolute atomic E-state index is 0.0735. The van der Waals surface area contributed by atoms with Crippen molar-refractivity contribution in [3.8, 4) is 0 Å². The average Bonchev–Trinajstić information content (AvgIpc) is 2.42. The van der Waals surface area contributed by atoms with Gasteiger partial charge in [-0.05, 0) is 25.6 Å². The summed E-state index contributed by atoms with van der Waals surface area (Å²) in [7, 11) is 2.11. The summed E-state index contributed by atoms with van der Waals surface area (Å²) in [5, 5.41) is 6.03. The van der Waals surface area contributed by atoms with Gasteiger partial charge in [0.25, 0.3) is 0 Å². The fourth-order valence-corrected chi connectivity index (χ4v) is 1.91. The summed E-state index contributed by atoms with van der Waals surface area (Å²) < 4.78 is 0. The molecule has 0 heterocycles. The molecule has 0 aliphatic rings. The summed E-state index contributed by atoms with van der Waals surface area (Å²) in [6.45, 7) is 7.13. The van der Waals surface area contributed by atoms with E-state index in [1.54, 1.807) is 0 Å². The van der Waals surface area contributed by atoms with Gasteiger partial charge < -0.3 is 15.5 Å². The molecule has 0 saturated carbocycles. The van der Waals surface area contributed by atoms with Gasteiger partial charge >= 0.3 is 0 Å². The van der Waals surface area contributed by atoms with E-state index in [-0.39, 0.29) is 5.91 Å². The molecule has 4 nitrogen and oxygen atoms in total. The van der Waals surface area contributed by atoms with Crippen LogP contribution in [0.3, 0.4) is 0 Å². The van der Waals surface area contributed by atoms with Crippen molar-refractivity contribution in [2.45, 2.75) is 32.9 Å². The second-order valence-corrected chi connectivity index (χ2v) is 5.46. The third-order valence-corrected chi connectivity index (χ3v) is 3.00. The molecule has 0 atom stereocenters. The van der Waals surface area contributed by atoms with Crippen LogP contribution in [0.2, 0.25) is 0 Å². The third kappa shape index (κ3) is 7.92. The molecule has 0 spiro atoms. The van der Waals surface area contributed by atoms with E-state index in [9.17, 15) is 4.79 Å². The Morgan fingerprint density at radius 1 is 1.25 bits per heavy atom. The number of amides is 1. The third-order valence-electron chi connectivity index (χ3n) is 3.00. The van der Waals surface area contributed by atoms with Crippen LogP contribution in [0.1, 0.15) is 25.8 Å². The molecule has 0 bridgehead atoms. The fourth-order valence-electron chi connectivity index (χ4n) is 1.91. The van der Waals surface area contributed by atoms with Gasteiger partial charge in [-0.25, -0.2) is 0 Å². The Bertz CT molecular complexity index is 379. The second-order valence-electron chi connectivity index (χ2n) is 5.46. The van der Waals surface area contributed by atoms with E-state index >= 15 is 0 Å². The van der Waals surface area contributed by atoms with Crippen LogP contribution in [-0.4, -0.2) is 43.5 Å². The number of carbonyl (C=O) groups excluding carboxylic acids is 1. The summed E-state index contributed by atoms with van der Waals surface area (Å²) >= 11 is 0. The molecule has 1 rings (SSSR count). The highest BCUT2D eigenvalue weighted by atomic mass is 16.1. The summed E-state index contributed by atoms with van der Waals surface area (Å²) in [4.78, 5) is 13.8. The summed E-state index contributed by atoms with van der Waals surface area (Å²) in [6, 6.07) is 10.8. The highest BCUT2D eigenvalue weighted by Gasteiger charge is 2.03. The van der Waals surface area contributed by atoms with Crippen LogP contribution < -0.4 is 10.6 Å². The Morgan fingerprint density at radius 2 is 1.95 bits per heavy atom.